The van der Waals surface area contributed by atoms with Crippen LogP contribution in [-0.2, 0) is 7.05 Å². The second-order valence-corrected chi connectivity index (χ2v) is 5.16. The van der Waals surface area contributed by atoms with Crippen LogP contribution in [0, 0.1) is 0 Å². The maximum absolute atomic E-state index is 5.94. The molecule has 0 N–H and O–H groups in total. The molecule has 0 saturated heterocycles. The predicted molar refractivity (Wildman–Crippen MR) is 86.9 cm³/mol. The van der Waals surface area contributed by atoms with Gasteiger partial charge in [-0.3, -0.25) is 4.68 Å². The highest BCUT2D eigenvalue weighted by Gasteiger charge is 2.10. The number of aryl methyl sites for hydroxylation is 1. The second kappa shape index (κ2) is 5.24. The molecule has 114 valence electrons. The number of ether oxygens (including phenoxy) is 2. The van der Waals surface area contributed by atoms with E-state index in [4.69, 9.17) is 9.47 Å². The minimum Gasteiger partial charge on any atom is -0.497 e. The van der Waals surface area contributed by atoms with Crippen LogP contribution >= 0.6 is 0 Å². The van der Waals surface area contributed by atoms with Crippen LogP contribution in [0.1, 0.15) is 0 Å². The summed E-state index contributed by atoms with van der Waals surface area (Å²) in [5, 5.41) is 7.12. The van der Waals surface area contributed by atoms with Crippen molar-refractivity contribution in [3.05, 3.63) is 48.9 Å². The van der Waals surface area contributed by atoms with Gasteiger partial charge in [-0.15, -0.1) is 0 Å². The van der Waals surface area contributed by atoms with Gasteiger partial charge in [-0.1, -0.05) is 12.1 Å². The fourth-order valence-corrected chi connectivity index (χ4v) is 2.53. The van der Waals surface area contributed by atoms with Gasteiger partial charge in [0.2, 0.25) is 5.88 Å². The van der Waals surface area contributed by atoms with Crippen molar-refractivity contribution in [3.63, 3.8) is 0 Å². The number of methoxy groups -OCH3 is 1. The molecule has 0 aliphatic heterocycles. The van der Waals surface area contributed by atoms with Crippen molar-refractivity contribution in [2.24, 2.45) is 7.05 Å². The highest BCUT2D eigenvalue weighted by Crippen LogP contribution is 2.29. The second-order valence-electron chi connectivity index (χ2n) is 5.16. The zero-order valence-corrected chi connectivity index (χ0v) is 12.7. The van der Waals surface area contributed by atoms with Crippen LogP contribution in [0.15, 0.2) is 48.9 Å². The summed E-state index contributed by atoms with van der Waals surface area (Å²) in [6.45, 7) is 0. The molecule has 23 heavy (non-hydrogen) atoms. The first-order valence-corrected chi connectivity index (χ1v) is 7.13. The Hall–Kier alpha value is -3.15. The zero-order valence-electron chi connectivity index (χ0n) is 12.7. The van der Waals surface area contributed by atoms with Crippen LogP contribution in [0.2, 0.25) is 0 Å². The van der Waals surface area contributed by atoms with Gasteiger partial charge in [0, 0.05) is 7.05 Å². The van der Waals surface area contributed by atoms with Gasteiger partial charge in [-0.05, 0) is 35.0 Å². The topological polar surface area (TPSA) is 62.1 Å². The van der Waals surface area contributed by atoms with Crippen molar-refractivity contribution in [3.8, 4) is 17.4 Å². The molecule has 0 saturated carbocycles. The number of hydrogen-bond donors (Lipinski definition) is 0. The fourth-order valence-electron chi connectivity index (χ4n) is 2.53. The summed E-state index contributed by atoms with van der Waals surface area (Å²) >= 11 is 0. The van der Waals surface area contributed by atoms with E-state index in [0.717, 1.165) is 27.6 Å². The van der Waals surface area contributed by atoms with Crippen LogP contribution in [-0.4, -0.2) is 26.9 Å². The first-order chi connectivity index (χ1) is 11.2. The van der Waals surface area contributed by atoms with Gasteiger partial charge in [0.25, 0.3) is 0 Å². The molecule has 0 aliphatic rings. The van der Waals surface area contributed by atoms with E-state index in [1.807, 2.05) is 43.4 Å². The first-order valence-electron chi connectivity index (χ1n) is 7.13. The van der Waals surface area contributed by atoms with E-state index >= 15 is 0 Å². The monoisotopic (exact) mass is 306 g/mol. The summed E-state index contributed by atoms with van der Waals surface area (Å²) in [5.74, 6) is 2.01. The third-order valence-corrected chi connectivity index (χ3v) is 3.73. The van der Waals surface area contributed by atoms with Crippen LogP contribution in [0.5, 0.6) is 17.4 Å². The first kappa shape index (κ1) is 13.5. The van der Waals surface area contributed by atoms with E-state index in [1.54, 1.807) is 18.0 Å². The van der Waals surface area contributed by atoms with Crippen LogP contribution < -0.4 is 9.47 Å². The Kier molecular flexibility index (Phi) is 3.08. The van der Waals surface area contributed by atoms with Gasteiger partial charge >= 0.3 is 0 Å². The predicted octanol–water partition coefficient (Wildman–Crippen LogP) is 3.32. The van der Waals surface area contributed by atoms with Crippen LogP contribution in [0.25, 0.3) is 21.8 Å². The molecule has 0 bridgehead atoms. The third-order valence-electron chi connectivity index (χ3n) is 3.73. The van der Waals surface area contributed by atoms with E-state index in [9.17, 15) is 0 Å². The highest BCUT2D eigenvalue weighted by atomic mass is 16.5. The minimum atomic E-state index is 0.491. The number of hydrogen-bond acceptors (Lipinski definition) is 5. The van der Waals surface area contributed by atoms with Gasteiger partial charge in [0.15, 0.2) is 5.65 Å². The van der Waals surface area contributed by atoms with E-state index in [0.29, 0.717) is 11.6 Å². The van der Waals surface area contributed by atoms with Crippen molar-refractivity contribution in [1.29, 1.82) is 0 Å². The molecule has 0 aliphatic carbocycles. The van der Waals surface area contributed by atoms with Crippen molar-refractivity contribution < 1.29 is 9.47 Å². The summed E-state index contributed by atoms with van der Waals surface area (Å²) in [5.41, 5.74) is 0.734. The highest BCUT2D eigenvalue weighted by molar-refractivity contribution is 5.85. The molecular formula is C17H14N4O2. The smallest absolute Gasteiger partial charge is 0.233 e. The van der Waals surface area contributed by atoms with Crippen molar-refractivity contribution in [2.45, 2.75) is 0 Å². The standard InChI is InChI=1S/C17H14N4O2/c1-21-16-15(9-20-21)17(19-10-18-16)23-14-6-4-11-3-5-13(22-2)7-12(11)8-14/h3-10H,1-2H3. The lowest BCUT2D eigenvalue weighted by atomic mass is 10.1. The average Bonchev–Trinajstić information content (AvgIpc) is 2.97. The minimum absolute atomic E-state index is 0.491. The zero-order chi connectivity index (χ0) is 15.8. The van der Waals surface area contributed by atoms with Crippen molar-refractivity contribution in [2.75, 3.05) is 7.11 Å². The largest absolute Gasteiger partial charge is 0.497 e. The van der Waals surface area contributed by atoms with Crippen LogP contribution in [0.3, 0.4) is 0 Å². The average molecular weight is 306 g/mol. The Bertz CT molecular complexity index is 1010. The Balaban J connectivity index is 1.76. The van der Waals surface area contributed by atoms with Crippen molar-refractivity contribution in [1.82, 2.24) is 19.7 Å². The molecule has 0 fully saturated rings. The van der Waals surface area contributed by atoms with E-state index in [-0.39, 0.29) is 0 Å². The molecule has 0 amide bonds. The molecule has 2 aromatic carbocycles. The fraction of sp³-hybridized carbons (Fsp3) is 0.118. The van der Waals surface area contributed by atoms with Gasteiger partial charge < -0.3 is 9.47 Å². The summed E-state index contributed by atoms with van der Waals surface area (Å²) in [7, 11) is 3.49. The van der Waals surface area contributed by atoms with Gasteiger partial charge in [-0.25, -0.2) is 9.97 Å². The summed E-state index contributed by atoms with van der Waals surface area (Å²) in [6, 6.07) is 11.8. The SMILES string of the molecule is COc1ccc2ccc(Oc3ncnc4c3cnn4C)cc2c1. The lowest BCUT2D eigenvalue weighted by molar-refractivity contribution is 0.415. The lowest BCUT2D eigenvalue weighted by Gasteiger charge is -2.07. The maximum Gasteiger partial charge on any atom is 0.233 e. The molecule has 0 radical (unpaired) electrons. The molecule has 6 nitrogen and oxygen atoms in total. The quantitative estimate of drug-likeness (QED) is 0.581. The normalized spacial score (nSPS) is 11.0. The molecule has 0 unspecified atom stereocenters. The summed E-state index contributed by atoms with van der Waals surface area (Å²) < 4.78 is 12.9. The molecule has 4 rings (SSSR count). The number of fused-ring (bicyclic) bond motifs is 2. The van der Waals surface area contributed by atoms with Gasteiger partial charge in [-0.2, -0.15) is 5.10 Å². The Labute approximate surface area is 132 Å². The van der Waals surface area contributed by atoms with Crippen LogP contribution in [0.4, 0.5) is 0 Å². The van der Waals surface area contributed by atoms with Gasteiger partial charge in [0.1, 0.15) is 23.2 Å². The molecule has 6 heteroatoms. The number of nitrogens with zero attached hydrogens (tertiary/aromatic N) is 4. The molecule has 0 spiro atoms. The Morgan fingerprint density at radius 1 is 0.957 bits per heavy atom. The molecule has 2 heterocycles. The molecule has 0 atom stereocenters. The lowest BCUT2D eigenvalue weighted by Crippen LogP contribution is -1.94. The molecule has 4 aromatic rings. The van der Waals surface area contributed by atoms with E-state index in [2.05, 4.69) is 15.1 Å². The Morgan fingerprint density at radius 2 is 1.74 bits per heavy atom. The Morgan fingerprint density at radius 3 is 2.57 bits per heavy atom. The molecule has 2 aromatic heterocycles. The number of rotatable bonds is 3. The van der Waals surface area contributed by atoms with E-state index in [1.165, 1.54) is 6.33 Å². The number of benzene rings is 2. The third kappa shape index (κ3) is 2.34. The molecular weight excluding hydrogens is 292 g/mol. The van der Waals surface area contributed by atoms with Crippen molar-refractivity contribution >= 4 is 21.8 Å². The maximum atomic E-state index is 5.94. The van der Waals surface area contributed by atoms with Gasteiger partial charge in [0.05, 0.1) is 13.3 Å². The summed E-state index contributed by atoms with van der Waals surface area (Å²) in [6.07, 6.45) is 3.18. The summed E-state index contributed by atoms with van der Waals surface area (Å²) in [4.78, 5) is 8.43. The number of aromatic nitrogens is 4. The van der Waals surface area contributed by atoms with E-state index < -0.39 is 0 Å².